The van der Waals surface area contributed by atoms with Gasteiger partial charge in [0.25, 0.3) is 0 Å². The third-order valence-electron chi connectivity index (χ3n) is 0.719. The lowest BCUT2D eigenvalue weighted by molar-refractivity contribution is -0.150. The molecule has 5 heteroatoms. The molecule has 0 aromatic rings. The fourth-order valence-corrected chi connectivity index (χ4v) is 1.35. The Kier molecular flexibility index (Phi) is 1.16. The maximum Gasteiger partial charge on any atom is 0.441 e. The predicted octanol–water partition coefficient (Wildman–Crippen LogP) is -0.0194. The molecule has 0 saturated carbocycles. The van der Waals surface area contributed by atoms with Gasteiger partial charge in [0, 0.05) is 12.5 Å². The number of hydrogen-bond acceptors (Lipinski definition) is 4. The van der Waals surface area contributed by atoms with E-state index < -0.39 is 22.5 Å². The van der Waals surface area contributed by atoms with Crippen LogP contribution in [0, 0.1) is 0 Å². The van der Waals surface area contributed by atoms with Crippen LogP contribution in [0.3, 0.4) is 0 Å². The van der Waals surface area contributed by atoms with Gasteiger partial charge in [-0.2, -0.15) is 0 Å². The van der Waals surface area contributed by atoms with Gasteiger partial charge in [0.05, 0.1) is 0 Å². The first-order valence-corrected chi connectivity index (χ1v) is 4.52. The molecule has 9 heavy (non-hydrogen) atoms. The molecule has 1 fully saturated rings. The molecule has 0 spiro atoms. The van der Waals surface area contributed by atoms with Crippen LogP contribution in [-0.2, 0) is 18.0 Å². The van der Waals surface area contributed by atoms with Crippen LogP contribution >= 0.6 is 10.6 Å². The number of carbonyl (C=O) groups excluding carboxylic acids is 2. The molecule has 0 atom stereocenters. The second-order valence-corrected chi connectivity index (χ2v) is 4.50. The van der Waals surface area contributed by atoms with Crippen molar-refractivity contribution in [3.8, 4) is 0 Å². The van der Waals surface area contributed by atoms with E-state index in [1.54, 1.807) is 12.5 Å². The van der Waals surface area contributed by atoms with E-state index in [4.69, 9.17) is 0 Å². The van der Waals surface area contributed by atoms with Crippen LogP contribution < -0.4 is 0 Å². The molecule has 0 aromatic carbocycles. The van der Waals surface area contributed by atoms with Gasteiger partial charge < -0.3 is 8.37 Å². The summed E-state index contributed by atoms with van der Waals surface area (Å²) in [6, 6.07) is 0. The van der Waals surface area contributed by atoms with E-state index in [1.807, 2.05) is 0 Å². The molecule has 1 heterocycles. The Morgan fingerprint density at radius 2 is 1.44 bits per heavy atom. The zero-order chi connectivity index (χ0) is 7.07. The quantitative estimate of drug-likeness (QED) is 0.455. The molecule has 1 rings (SSSR count). The first-order valence-electron chi connectivity index (χ1n) is 2.22. The molecule has 0 aromatic heterocycles. The van der Waals surface area contributed by atoms with Gasteiger partial charge in [0.15, 0.2) is 0 Å². The Labute approximate surface area is 53.9 Å². The molecule has 1 saturated heterocycles. The largest absolute Gasteiger partial charge is 0.441 e. The Bertz CT molecular complexity index is 155. The highest BCUT2D eigenvalue weighted by Gasteiger charge is 2.35. The maximum atomic E-state index is 10.3. The van der Waals surface area contributed by atoms with Crippen molar-refractivity contribution in [2.24, 2.45) is 0 Å². The summed E-state index contributed by atoms with van der Waals surface area (Å²) in [6.07, 6.45) is 3.16. The van der Waals surface area contributed by atoms with Gasteiger partial charge in [-0.1, -0.05) is 0 Å². The van der Waals surface area contributed by atoms with Crippen molar-refractivity contribution >= 4 is 22.5 Å². The fraction of sp³-hybridized carbons (Fsp3) is 0.500. The van der Waals surface area contributed by atoms with Crippen molar-refractivity contribution in [1.82, 2.24) is 0 Å². The van der Waals surface area contributed by atoms with Crippen LogP contribution in [0.25, 0.3) is 0 Å². The second-order valence-electron chi connectivity index (χ2n) is 1.88. The van der Waals surface area contributed by atoms with Crippen LogP contribution in [-0.4, -0.2) is 24.5 Å². The van der Waals surface area contributed by atoms with Crippen molar-refractivity contribution in [1.29, 1.82) is 0 Å². The molecule has 1 aliphatic heterocycles. The molecule has 0 unspecified atom stereocenters. The summed E-state index contributed by atoms with van der Waals surface area (Å²) in [5.41, 5.74) is 0. The maximum absolute atomic E-state index is 10.3. The molecule has 0 bridgehead atoms. The van der Waals surface area contributed by atoms with Gasteiger partial charge >= 0.3 is 11.9 Å². The van der Waals surface area contributed by atoms with Gasteiger partial charge in [-0.05, 0) is 0 Å². The minimum atomic E-state index is -1.84. The van der Waals surface area contributed by atoms with Gasteiger partial charge in [0.1, 0.15) is 0 Å². The molecule has 0 radical (unpaired) electrons. The summed E-state index contributed by atoms with van der Waals surface area (Å²) < 4.78 is 9.07. The normalized spacial score (nSPS) is 26.9. The number of rotatable bonds is 0. The van der Waals surface area contributed by atoms with Crippen LogP contribution in [0.5, 0.6) is 0 Å². The summed E-state index contributed by atoms with van der Waals surface area (Å²) >= 11 is 0. The molecule has 4 nitrogen and oxygen atoms in total. The Balaban J connectivity index is 2.76. The standard InChI is InChI=1S/C4H6O4S/c1-9(2)7-3(5)4(6)8-9/h1-2H3. The molecule has 52 valence electrons. The topological polar surface area (TPSA) is 52.6 Å². The lowest BCUT2D eigenvalue weighted by Gasteiger charge is -2.23. The average Bonchev–Trinajstić information content (AvgIpc) is 1.79. The second kappa shape index (κ2) is 1.63. The highest BCUT2D eigenvalue weighted by molar-refractivity contribution is 8.25. The summed E-state index contributed by atoms with van der Waals surface area (Å²) in [6.45, 7) is 0. The summed E-state index contributed by atoms with van der Waals surface area (Å²) in [7, 11) is -1.84. The summed E-state index contributed by atoms with van der Waals surface area (Å²) in [5.74, 6) is -1.76. The molecule has 0 aliphatic carbocycles. The van der Waals surface area contributed by atoms with Crippen molar-refractivity contribution in [2.75, 3.05) is 12.5 Å². The Morgan fingerprint density at radius 3 is 1.56 bits per heavy atom. The van der Waals surface area contributed by atoms with Gasteiger partial charge in [-0.15, -0.1) is 10.6 Å². The highest BCUT2D eigenvalue weighted by atomic mass is 32.3. The minimum absolute atomic E-state index is 0.880. The Hall–Kier alpha value is -0.710. The first-order chi connectivity index (χ1) is 4.01. The van der Waals surface area contributed by atoms with E-state index in [-0.39, 0.29) is 0 Å². The lowest BCUT2D eigenvalue weighted by atomic mass is 10.7. The zero-order valence-electron chi connectivity index (χ0n) is 5.04. The zero-order valence-corrected chi connectivity index (χ0v) is 5.86. The van der Waals surface area contributed by atoms with Gasteiger partial charge in [0.2, 0.25) is 0 Å². The highest BCUT2D eigenvalue weighted by Crippen LogP contribution is 2.46. The molecule has 0 N–H and O–H groups in total. The van der Waals surface area contributed by atoms with E-state index in [1.165, 1.54) is 0 Å². The number of carbonyl (C=O) groups is 2. The average molecular weight is 150 g/mol. The first kappa shape index (κ1) is 6.41. The predicted molar refractivity (Wildman–Crippen MR) is 31.6 cm³/mol. The van der Waals surface area contributed by atoms with E-state index in [9.17, 15) is 9.59 Å². The third kappa shape index (κ3) is 1.16. The van der Waals surface area contributed by atoms with E-state index in [2.05, 4.69) is 8.37 Å². The van der Waals surface area contributed by atoms with Gasteiger partial charge in [-0.25, -0.2) is 9.59 Å². The fourth-order valence-electron chi connectivity index (χ4n) is 0.450. The minimum Gasteiger partial charge on any atom is -0.335 e. The Morgan fingerprint density at radius 1 is 1.11 bits per heavy atom. The van der Waals surface area contributed by atoms with Crippen molar-refractivity contribution in [2.45, 2.75) is 0 Å². The van der Waals surface area contributed by atoms with Crippen LogP contribution in [0.2, 0.25) is 0 Å². The monoisotopic (exact) mass is 150 g/mol. The smallest absolute Gasteiger partial charge is 0.335 e. The summed E-state index contributed by atoms with van der Waals surface area (Å²) in [4.78, 5) is 20.6. The molecular formula is C4H6O4S. The van der Waals surface area contributed by atoms with Gasteiger partial charge in [-0.3, -0.25) is 0 Å². The van der Waals surface area contributed by atoms with Crippen LogP contribution in [0.1, 0.15) is 0 Å². The van der Waals surface area contributed by atoms with E-state index in [0.717, 1.165) is 0 Å². The molecule has 0 amide bonds. The molecular weight excluding hydrogens is 144 g/mol. The molecule has 1 aliphatic rings. The third-order valence-corrected chi connectivity index (χ3v) is 1.82. The van der Waals surface area contributed by atoms with Crippen molar-refractivity contribution in [3.05, 3.63) is 0 Å². The van der Waals surface area contributed by atoms with Crippen LogP contribution in [0.15, 0.2) is 0 Å². The lowest BCUT2D eigenvalue weighted by Crippen LogP contribution is -2.05. The van der Waals surface area contributed by atoms with E-state index in [0.29, 0.717) is 0 Å². The van der Waals surface area contributed by atoms with Crippen molar-refractivity contribution < 1.29 is 18.0 Å². The van der Waals surface area contributed by atoms with Crippen molar-refractivity contribution in [3.63, 3.8) is 0 Å². The summed E-state index contributed by atoms with van der Waals surface area (Å²) in [5, 5.41) is 0. The number of hydrogen-bond donors (Lipinski definition) is 0. The van der Waals surface area contributed by atoms with Crippen LogP contribution in [0.4, 0.5) is 0 Å². The SMILES string of the molecule is CS1(C)OC(=O)C(=O)O1. The van der Waals surface area contributed by atoms with E-state index >= 15 is 0 Å².